The Balaban J connectivity index is 2.14. The van der Waals surface area contributed by atoms with Gasteiger partial charge in [-0.3, -0.25) is 4.79 Å². The first-order valence-corrected chi connectivity index (χ1v) is 7.27. The highest BCUT2D eigenvalue weighted by molar-refractivity contribution is 9.10. The van der Waals surface area contributed by atoms with E-state index in [1.165, 1.54) is 6.07 Å². The van der Waals surface area contributed by atoms with Crippen molar-refractivity contribution in [1.82, 2.24) is 0 Å². The maximum absolute atomic E-state index is 13.2. The van der Waals surface area contributed by atoms with Crippen molar-refractivity contribution in [2.24, 2.45) is 17.8 Å². The summed E-state index contributed by atoms with van der Waals surface area (Å²) < 4.78 is 13.5. The maximum Gasteiger partial charge on any atom is 0.165 e. The van der Waals surface area contributed by atoms with Crippen LogP contribution < -0.4 is 0 Å². The van der Waals surface area contributed by atoms with E-state index in [9.17, 15) is 9.18 Å². The van der Waals surface area contributed by atoms with Crippen LogP contribution in [0.5, 0.6) is 0 Å². The Hall–Kier alpha value is -0.700. The lowest BCUT2D eigenvalue weighted by molar-refractivity contribution is 0.0837. The summed E-state index contributed by atoms with van der Waals surface area (Å²) in [6.07, 6.45) is 3.02. The Bertz CT molecular complexity index is 458. The maximum atomic E-state index is 13.2. The van der Waals surface area contributed by atoms with E-state index in [2.05, 4.69) is 29.8 Å². The summed E-state index contributed by atoms with van der Waals surface area (Å²) in [5.74, 6) is 1.24. The van der Waals surface area contributed by atoms with Gasteiger partial charge in [0.05, 0.1) is 4.47 Å². The molecule has 0 bridgehead atoms. The second kappa shape index (κ2) is 5.52. The monoisotopic (exact) mass is 312 g/mol. The van der Waals surface area contributed by atoms with E-state index in [-0.39, 0.29) is 17.5 Å². The third-order valence-corrected chi connectivity index (χ3v) is 4.78. The molecule has 0 saturated heterocycles. The number of ketones is 1. The molecule has 3 heteroatoms. The van der Waals surface area contributed by atoms with Gasteiger partial charge in [-0.25, -0.2) is 4.39 Å². The fraction of sp³-hybridized carbons (Fsp3) is 0.533. The van der Waals surface area contributed by atoms with Crippen LogP contribution in [0.25, 0.3) is 0 Å². The van der Waals surface area contributed by atoms with Gasteiger partial charge in [0, 0.05) is 11.5 Å². The average Bonchev–Trinajstić information content (AvgIpc) is 2.35. The van der Waals surface area contributed by atoms with Crippen molar-refractivity contribution in [1.29, 1.82) is 0 Å². The molecule has 18 heavy (non-hydrogen) atoms. The molecule has 1 nitrogen and oxygen atoms in total. The van der Waals surface area contributed by atoms with Crippen LogP contribution in [0, 0.1) is 23.6 Å². The fourth-order valence-electron chi connectivity index (χ4n) is 2.67. The van der Waals surface area contributed by atoms with E-state index >= 15 is 0 Å². The van der Waals surface area contributed by atoms with Crippen molar-refractivity contribution >= 4 is 21.7 Å². The van der Waals surface area contributed by atoms with Crippen molar-refractivity contribution in [2.45, 2.75) is 33.1 Å². The topological polar surface area (TPSA) is 17.1 Å². The molecule has 98 valence electrons. The third kappa shape index (κ3) is 2.82. The van der Waals surface area contributed by atoms with E-state index in [1.807, 2.05) is 0 Å². The van der Waals surface area contributed by atoms with Gasteiger partial charge in [0.15, 0.2) is 5.78 Å². The minimum Gasteiger partial charge on any atom is -0.294 e. The molecular formula is C15H18BrFO. The lowest BCUT2D eigenvalue weighted by Gasteiger charge is -2.31. The second-order valence-electron chi connectivity index (χ2n) is 5.46. The summed E-state index contributed by atoms with van der Waals surface area (Å²) in [6.45, 7) is 4.46. The van der Waals surface area contributed by atoms with Crippen LogP contribution in [-0.4, -0.2) is 5.78 Å². The largest absolute Gasteiger partial charge is 0.294 e. The first kappa shape index (κ1) is 13.7. The zero-order chi connectivity index (χ0) is 13.3. The molecule has 1 aliphatic rings. The molecule has 0 aliphatic heterocycles. The molecule has 0 aromatic heterocycles. The number of carbonyl (C=O) groups is 1. The molecule has 0 amide bonds. The molecule has 0 radical (unpaired) electrons. The van der Waals surface area contributed by atoms with Gasteiger partial charge in [-0.15, -0.1) is 0 Å². The minimum absolute atomic E-state index is 0.105. The highest BCUT2D eigenvalue weighted by Gasteiger charge is 2.29. The summed E-state index contributed by atoms with van der Waals surface area (Å²) in [7, 11) is 0. The van der Waals surface area contributed by atoms with Gasteiger partial charge in [0.25, 0.3) is 0 Å². The van der Waals surface area contributed by atoms with E-state index in [0.29, 0.717) is 21.9 Å². The van der Waals surface area contributed by atoms with Gasteiger partial charge in [-0.2, -0.15) is 0 Å². The molecule has 1 aromatic carbocycles. The highest BCUT2D eigenvalue weighted by atomic mass is 79.9. The first-order chi connectivity index (χ1) is 8.49. The summed E-state index contributed by atoms with van der Waals surface area (Å²) >= 11 is 3.13. The van der Waals surface area contributed by atoms with E-state index in [4.69, 9.17) is 0 Å². The molecule has 1 fully saturated rings. The van der Waals surface area contributed by atoms with Crippen molar-refractivity contribution in [3.05, 3.63) is 34.1 Å². The van der Waals surface area contributed by atoms with Crippen molar-refractivity contribution in [3.8, 4) is 0 Å². The number of Topliss-reactive ketones (excluding diaryl/α,β-unsaturated/α-hetero) is 1. The van der Waals surface area contributed by atoms with Crippen LogP contribution in [0.1, 0.15) is 43.5 Å². The SMILES string of the molecule is CC1CCC(C(=O)c2ccc(F)c(Br)c2)CC1C. The van der Waals surface area contributed by atoms with Crippen LogP contribution in [0.4, 0.5) is 4.39 Å². The summed E-state index contributed by atoms with van der Waals surface area (Å²) in [6, 6.07) is 4.54. The smallest absolute Gasteiger partial charge is 0.165 e. The zero-order valence-electron chi connectivity index (χ0n) is 10.7. The van der Waals surface area contributed by atoms with Gasteiger partial charge in [0.1, 0.15) is 5.82 Å². The first-order valence-electron chi connectivity index (χ1n) is 6.48. The molecule has 0 heterocycles. The second-order valence-corrected chi connectivity index (χ2v) is 6.31. The number of benzene rings is 1. The van der Waals surface area contributed by atoms with Crippen LogP contribution in [-0.2, 0) is 0 Å². The van der Waals surface area contributed by atoms with Crippen molar-refractivity contribution in [3.63, 3.8) is 0 Å². The Morgan fingerprint density at radius 1 is 1.28 bits per heavy atom. The Morgan fingerprint density at radius 2 is 2.00 bits per heavy atom. The molecule has 1 saturated carbocycles. The molecule has 3 unspecified atom stereocenters. The predicted molar refractivity (Wildman–Crippen MR) is 74.1 cm³/mol. The quantitative estimate of drug-likeness (QED) is 0.714. The average molecular weight is 313 g/mol. The Morgan fingerprint density at radius 3 is 2.61 bits per heavy atom. The molecule has 3 atom stereocenters. The molecule has 0 N–H and O–H groups in total. The predicted octanol–water partition coefficient (Wildman–Crippen LogP) is 4.84. The van der Waals surface area contributed by atoms with Crippen LogP contribution >= 0.6 is 15.9 Å². The van der Waals surface area contributed by atoms with Crippen LogP contribution in [0.2, 0.25) is 0 Å². The minimum atomic E-state index is -0.322. The number of hydrogen-bond acceptors (Lipinski definition) is 1. The molecule has 2 rings (SSSR count). The summed E-state index contributed by atoms with van der Waals surface area (Å²) in [4.78, 5) is 12.4. The Kier molecular flexibility index (Phi) is 4.21. The van der Waals surface area contributed by atoms with Crippen LogP contribution in [0.3, 0.4) is 0 Å². The summed E-state index contributed by atoms with van der Waals surface area (Å²) in [5, 5.41) is 0. The normalized spacial score (nSPS) is 28.1. The van der Waals surface area contributed by atoms with Gasteiger partial charge < -0.3 is 0 Å². The van der Waals surface area contributed by atoms with Crippen LogP contribution in [0.15, 0.2) is 22.7 Å². The lowest BCUT2D eigenvalue weighted by Crippen LogP contribution is -2.26. The molecule has 0 spiro atoms. The number of halogens is 2. The zero-order valence-corrected chi connectivity index (χ0v) is 12.3. The molecular weight excluding hydrogens is 295 g/mol. The van der Waals surface area contributed by atoms with E-state index in [1.54, 1.807) is 12.1 Å². The lowest BCUT2D eigenvalue weighted by atomic mass is 9.73. The van der Waals surface area contributed by atoms with Gasteiger partial charge in [-0.05, 0) is 65.2 Å². The molecule has 1 aromatic rings. The van der Waals surface area contributed by atoms with Gasteiger partial charge >= 0.3 is 0 Å². The highest BCUT2D eigenvalue weighted by Crippen LogP contribution is 2.35. The van der Waals surface area contributed by atoms with E-state index < -0.39 is 0 Å². The Labute approximate surface area is 116 Å². The summed E-state index contributed by atoms with van der Waals surface area (Å²) in [5.41, 5.74) is 0.620. The van der Waals surface area contributed by atoms with E-state index in [0.717, 1.165) is 19.3 Å². The van der Waals surface area contributed by atoms with Crippen molar-refractivity contribution in [2.75, 3.05) is 0 Å². The standard InChI is InChI=1S/C15H18BrFO/c1-9-3-4-11(7-10(9)2)15(18)12-5-6-14(17)13(16)8-12/h5-6,8-11H,3-4,7H2,1-2H3. The fourth-order valence-corrected chi connectivity index (χ4v) is 3.05. The van der Waals surface area contributed by atoms with Gasteiger partial charge in [0.2, 0.25) is 0 Å². The van der Waals surface area contributed by atoms with Gasteiger partial charge in [-0.1, -0.05) is 13.8 Å². The van der Waals surface area contributed by atoms with Crippen molar-refractivity contribution < 1.29 is 9.18 Å². The number of hydrogen-bond donors (Lipinski definition) is 0. The third-order valence-electron chi connectivity index (χ3n) is 4.17. The molecule has 1 aliphatic carbocycles. The number of rotatable bonds is 2. The number of carbonyl (C=O) groups excluding carboxylic acids is 1.